The van der Waals surface area contributed by atoms with Gasteiger partial charge in [0.25, 0.3) is 0 Å². The molecule has 0 aromatic carbocycles. The molecule has 0 saturated heterocycles. The highest BCUT2D eigenvalue weighted by molar-refractivity contribution is 4.88. The Hall–Kier alpha value is -0.260. The maximum absolute atomic E-state index is 2.36. The third kappa shape index (κ3) is 5.40. The van der Waals surface area contributed by atoms with Crippen LogP contribution < -0.4 is 0 Å². The second-order valence-corrected chi connectivity index (χ2v) is 4.28. The summed E-state index contributed by atoms with van der Waals surface area (Å²) in [5.41, 5.74) is 0. The van der Waals surface area contributed by atoms with Gasteiger partial charge in [-0.1, -0.05) is 53.2 Å². The minimum absolute atomic E-state index is 0.731. The van der Waals surface area contributed by atoms with Gasteiger partial charge in [-0.25, -0.2) is 0 Å². The number of rotatable bonds is 5. The van der Waals surface area contributed by atoms with Crippen molar-refractivity contribution in [2.45, 2.75) is 47.5 Å². The van der Waals surface area contributed by atoms with E-state index in [-0.39, 0.29) is 0 Å². The molecule has 0 aliphatic carbocycles. The number of hydrogen-bond acceptors (Lipinski definition) is 0. The van der Waals surface area contributed by atoms with Crippen molar-refractivity contribution in [3.63, 3.8) is 0 Å². The van der Waals surface area contributed by atoms with E-state index in [1.165, 1.54) is 12.8 Å². The van der Waals surface area contributed by atoms with Gasteiger partial charge in [-0.15, -0.1) is 0 Å². The summed E-state index contributed by atoms with van der Waals surface area (Å²) in [5.74, 6) is 2.35. The molecule has 0 spiro atoms. The first-order chi connectivity index (χ1) is 5.57. The fourth-order valence-electron chi connectivity index (χ4n) is 0.914. The zero-order valence-corrected chi connectivity index (χ0v) is 9.30. The van der Waals surface area contributed by atoms with Crippen LogP contribution >= 0.6 is 0 Å². The largest absolute Gasteiger partial charge is 0.0880 e. The molecule has 0 radical (unpaired) electrons. The van der Waals surface area contributed by atoms with Gasteiger partial charge in [0.2, 0.25) is 0 Å². The van der Waals surface area contributed by atoms with Gasteiger partial charge in [0, 0.05) is 0 Å². The molecule has 0 amide bonds. The van der Waals surface area contributed by atoms with Gasteiger partial charge < -0.3 is 0 Å². The van der Waals surface area contributed by atoms with Crippen LogP contribution in [0, 0.1) is 17.8 Å². The van der Waals surface area contributed by atoms with E-state index >= 15 is 0 Å². The molecule has 0 heteroatoms. The van der Waals surface area contributed by atoms with Crippen LogP contribution in [-0.2, 0) is 0 Å². The lowest BCUT2D eigenvalue weighted by Crippen LogP contribution is -1.99. The highest BCUT2D eigenvalue weighted by Gasteiger charge is 2.01. The molecule has 0 heterocycles. The van der Waals surface area contributed by atoms with Gasteiger partial charge in [-0.2, -0.15) is 0 Å². The molecule has 12 heavy (non-hydrogen) atoms. The van der Waals surface area contributed by atoms with Crippen molar-refractivity contribution < 1.29 is 0 Å². The summed E-state index contributed by atoms with van der Waals surface area (Å²) < 4.78 is 0. The molecule has 72 valence electrons. The Morgan fingerprint density at radius 1 is 1.08 bits per heavy atom. The summed E-state index contributed by atoms with van der Waals surface area (Å²) in [5, 5.41) is 0. The van der Waals surface area contributed by atoms with Crippen LogP contribution in [0.4, 0.5) is 0 Å². The van der Waals surface area contributed by atoms with Gasteiger partial charge in [0.05, 0.1) is 0 Å². The van der Waals surface area contributed by atoms with Crippen molar-refractivity contribution in [2.24, 2.45) is 17.8 Å². The van der Waals surface area contributed by atoms with Crippen molar-refractivity contribution in [1.82, 2.24) is 0 Å². The first kappa shape index (κ1) is 11.7. The lowest BCUT2D eigenvalue weighted by Gasteiger charge is -2.10. The Morgan fingerprint density at radius 2 is 1.67 bits per heavy atom. The molecule has 0 aromatic heterocycles. The summed E-state index contributed by atoms with van der Waals surface area (Å²) in [7, 11) is 0. The Bertz CT molecular complexity index is 122. The number of allylic oxidation sites excluding steroid dienone is 2. The standard InChI is InChI=1S/C12H24/c1-6-11(4)8-7-9-12(5)10(2)3/h7,9-12H,6,8H2,1-5H3. The lowest BCUT2D eigenvalue weighted by molar-refractivity contribution is 0.499. The Morgan fingerprint density at radius 3 is 2.08 bits per heavy atom. The average molecular weight is 168 g/mol. The maximum atomic E-state index is 2.36. The molecule has 2 atom stereocenters. The molecule has 0 saturated carbocycles. The number of hydrogen-bond donors (Lipinski definition) is 0. The van der Waals surface area contributed by atoms with Crippen molar-refractivity contribution in [1.29, 1.82) is 0 Å². The van der Waals surface area contributed by atoms with Crippen molar-refractivity contribution in [3.8, 4) is 0 Å². The smallest absolute Gasteiger partial charge is 0.0239 e. The summed E-state index contributed by atoms with van der Waals surface area (Å²) in [6, 6.07) is 0. The lowest BCUT2D eigenvalue weighted by atomic mass is 9.96. The van der Waals surface area contributed by atoms with E-state index in [9.17, 15) is 0 Å². The van der Waals surface area contributed by atoms with Crippen molar-refractivity contribution in [3.05, 3.63) is 12.2 Å². The van der Waals surface area contributed by atoms with Crippen LogP contribution in [0.25, 0.3) is 0 Å². The zero-order valence-electron chi connectivity index (χ0n) is 9.30. The second-order valence-electron chi connectivity index (χ2n) is 4.28. The van der Waals surface area contributed by atoms with Crippen molar-refractivity contribution in [2.75, 3.05) is 0 Å². The Kier molecular flexibility index (Phi) is 6.14. The Labute approximate surface area is 78.1 Å². The fourth-order valence-corrected chi connectivity index (χ4v) is 0.914. The average Bonchev–Trinajstić information content (AvgIpc) is 2.03. The first-order valence-corrected chi connectivity index (χ1v) is 5.24. The predicted octanol–water partition coefficient (Wildman–Crippen LogP) is 4.27. The summed E-state index contributed by atoms with van der Waals surface area (Å²) >= 11 is 0. The van der Waals surface area contributed by atoms with Gasteiger partial charge in [0.15, 0.2) is 0 Å². The van der Waals surface area contributed by atoms with E-state index in [4.69, 9.17) is 0 Å². The SMILES string of the molecule is CCC(C)CC=CC(C)C(C)C. The normalized spacial score (nSPS) is 17.2. The molecule has 0 bridgehead atoms. The zero-order chi connectivity index (χ0) is 9.56. The second kappa shape index (κ2) is 6.28. The first-order valence-electron chi connectivity index (χ1n) is 5.24. The van der Waals surface area contributed by atoms with Crippen LogP contribution in [-0.4, -0.2) is 0 Å². The van der Waals surface area contributed by atoms with E-state index in [1.807, 2.05) is 0 Å². The van der Waals surface area contributed by atoms with Gasteiger partial charge in [-0.05, 0) is 24.2 Å². The minimum atomic E-state index is 0.731. The van der Waals surface area contributed by atoms with Crippen LogP contribution in [0.1, 0.15) is 47.5 Å². The van der Waals surface area contributed by atoms with E-state index in [0.717, 1.165) is 17.8 Å². The monoisotopic (exact) mass is 168 g/mol. The van der Waals surface area contributed by atoms with Gasteiger partial charge in [-0.3, -0.25) is 0 Å². The maximum Gasteiger partial charge on any atom is -0.0239 e. The third-order valence-corrected chi connectivity index (χ3v) is 2.73. The highest BCUT2D eigenvalue weighted by Crippen LogP contribution is 2.13. The predicted molar refractivity (Wildman–Crippen MR) is 57.2 cm³/mol. The molecule has 0 aromatic rings. The molecule has 0 fully saturated rings. The molecule has 0 aliphatic rings. The third-order valence-electron chi connectivity index (χ3n) is 2.73. The van der Waals surface area contributed by atoms with Crippen LogP contribution in [0.2, 0.25) is 0 Å². The summed E-state index contributed by atoms with van der Waals surface area (Å²) in [4.78, 5) is 0. The molecule has 0 N–H and O–H groups in total. The van der Waals surface area contributed by atoms with E-state index in [0.29, 0.717) is 0 Å². The molecular formula is C12H24. The molecule has 0 nitrogen and oxygen atoms in total. The van der Waals surface area contributed by atoms with E-state index in [1.54, 1.807) is 0 Å². The summed E-state index contributed by atoms with van der Waals surface area (Å²) in [6.45, 7) is 11.4. The highest BCUT2D eigenvalue weighted by atomic mass is 14.1. The van der Waals surface area contributed by atoms with Gasteiger partial charge in [0.1, 0.15) is 0 Å². The summed E-state index contributed by atoms with van der Waals surface area (Å²) in [6.07, 6.45) is 7.24. The molecule has 2 unspecified atom stereocenters. The van der Waals surface area contributed by atoms with Gasteiger partial charge >= 0.3 is 0 Å². The van der Waals surface area contributed by atoms with Crippen LogP contribution in [0.5, 0.6) is 0 Å². The topological polar surface area (TPSA) is 0 Å². The fraction of sp³-hybridized carbons (Fsp3) is 0.833. The Balaban J connectivity index is 3.61. The molecule has 0 rings (SSSR count). The van der Waals surface area contributed by atoms with Crippen LogP contribution in [0.3, 0.4) is 0 Å². The molecule has 0 aliphatic heterocycles. The van der Waals surface area contributed by atoms with Crippen molar-refractivity contribution >= 4 is 0 Å². The van der Waals surface area contributed by atoms with E-state index < -0.39 is 0 Å². The van der Waals surface area contributed by atoms with E-state index in [2.05, 4.69) is 46.8 Å². The minimum Gasteiger partial charge on any atom is -0.0880 e. The molecular weight excluding hydrogens is 144 g/mol. The van der Waals surface area contributed by atoms with Crippen LogP contribution in [0.15, 0.2) is 12.2 Å². The quantitative estimate of drug-likeness (QED) is 0.538.